The summed E-state index contributed by atoms with van der Waals surface area (Å²) in [6.07, 6.45) is 2.59. The number of rotatable bonds is 2. The van der Waals surface area contributed by atoms with Crippen LogP contribution in [0.5, 0.6) is 0 Å². The van der Waals surface area contributed by atoms with Gasteiger partial charge < -0.3 is 4.90 Å². The maximum Gasteiger partial charge on any atom is 0.255 e. The number of benzene rings is 2. The van der Waals surface area contributed by atoms with E-state index in [-0.39, 0.29) is 11.9 Å². The molecule has 0 N–H and O–H groups in total. The van der Waals surface area contributed by atoms with E-state index in [0.29, 0.717) is 17.8 Å². The van der Waals surface area contributed by atoms with Gasteiger partial charge in [-0.05, 0) is 42.7 Å². The lowest BCUT2D eigenvalue weighted by Crippen LogP contribution is -2.39. The molecular weight excluding hydrogens is 358 g/mol. The maximum atomic E-state index is 13.7. The third kappa shape index (κ3) is 3.07. The fourth-order valence-electron chi connectivity index (χ4n) is 4.19. The third-order valence-corrected chi connectivity index (χ3v) is 5.74. The Morgan fingerprint density at radius 1 is 1.00 bits per heavy atom. The molecule has 4 nitrogen and oxygen atoms in total. The molecule has 0 radical (unpaired) electrons. The van der Waals surface area contributed by atoms with Crippen LogP contribution in [0.25, 0.3) is 22.3 Å². The number of nitrogens with zero attached hydrogens (tertiary/aromatic N) is 3. The molecule has 0 saturated heterocycles. The molecule has 1 atom stereocenters. The van der Waals surface area contributed by atoms with Crippen molar-refractivity contribution in [2.45, 2.75) is 19.4 Å². The van der Waals surface area contributed by atoms with Crippen LogP contribution >= 0.6 is 0 Å². The molecule has 1 aliphatic rings. The predicted molar refractivity (Wildman–Crippen MR) is 115 cm³/mol. The van der Waals surface area contributed by atoms with Crippen LogP contribution in [0.3, 0.4) is 0 Å². The molecule has 0 bridgehead atoms. The van der Waals surface area contributed by atoms with Crippen LogP contribution < -0.4 is 0 Å². The van der Waals surface area contributed by atoms with Gasteiger partial charge in [-0.25, -0.2) is 9.97 Å². The first-order chi connectivity index (χ1) is 14.2. The van der Waals surface area contributed by atoms with E-state index in [4.69, 9.17) is 4.98 Å². The summed E-state index contributed by atoms with van der Waals surface area (Å²) in [6, 6.07) is 24.1. The number of hydrogen-bond acceptors (Lipinski definition) is 3. The summed E-state index contributed by atoms with van der Waals surface area (Å²) < 4.78 is 0. The molecule has 4 aromatic rings. The van der Waals surface area contributed by atoms with Crippen molar-refractivity contribution >= 4 is 16.9 Å². The Morgan fingerprint density at radius 2 is 1.79 bits per heavy atom. The monoisotopic (exact) mass is 379 g/mol. The first kappa shape index (κ1) is 17.6. The number of fused-ring (bicyclic) bond motifs is 2. The van der Waals surface area contributed by atoms with E-state index in [1.165, 1.54) is 11.1 Å². The normalized spacial score (nSPS) is 15.9. The van der Waals surface area contributed by atoms with Gasteiger partial charge >= 0.3 is 0 Å². The Hall–Kier alpha value is -3.53. The van der Waals surface area contributed by atoms with Crippen LogP contribution in [-0.4, -0.2) is 27.3 Å². The largest absolute Gasteiger partial charge is 0.332 e. The van der Waals surface area contributed by atoms with Gasteiger partial charge in [0.05, 0.1) is 17.3 Å². The minimum absolute atomic E-state index is 0.0320. The van der Waals surface area contributed by atoms with Crippen molar-refractivity contribution in [3.63, 3.8) is 0 Å². The molecule has 5 rings (SSSR count). The lowest BCUT2D eigenvalue weighted by atomic mass is 9.92. The molecule has 1 unspecified atom stereocenters. The second-order valence-electron chi connectivity index (χ2n) is 7.42. The molecule has 3 heterocycles. The Morgan fingerprint density at radius 3 is 2.66 bits per heavy atom. The summed E-state index contributed by atoms with van der Waals surface area (Å²) in [5.41, 5.74) is 5.56. The zero-order valence-corrected chi connectivity index (χ0v) is 16.2. The molecule has 1 amide bonds. The molecule has 2 aromatic carbocycles. The van der Waals surface area contributed by atoms with Crippen LogP contribution in [0, 0.1) is 0 Å². The van der Waals surface area contributed by atoms with Gasteiger partial charge in [-0.3, -0.25) is 4.79 Å². The third-order valence-electron chi connectivity index (χ3n) is 5.74. The zero-order chi connectivity index (χ0) is 19.8. The summed E-state index contributed by atoms with van der Waals surface area (Å²) in [5.74, 6) is 0.0320. The average molecular weight is 379 g/mol. The average Bonchev–Trinajstić information content (AvgIpc) is 2.79. The van der Waals surface area contributed by atoms with E-state index >= 15 is 0 Å². The van der Waals surface area contributed by atoms with Crippen molar-refractivity contribution in [3.05, 3.63) is 95.7 Å². The summed E-state index contributed by atoms with van der Waals surface area (Å²) in [5, 5.41) is 0.795. The highest BCUT2D eigenvalue weighted by atomic mass is 16.2. The molecule has 0 saturated carbocycles. The number of carbonyl (C=O) groups is 1. The van der Waals surface area contributed by atoms with Gasteiger partial charge in [-0.2, -0.15) is 0 Å². The van der Waals surface area contributed by atoms with E-state index in [9.17, 15) is 4.79 Å². The van der Waals surface area contributed by atoms with Crippen molar-refractivity contribution < 1.29 is 4.79 Å². The fraction of sp³-hybridized carbons (Fsp3) is 0.160. The highest BCUT2D eigenvalue weighted by Crippen LogP contribution is 2.32. The minimum atomic E-state index is 0.0320. The highest BCUT2D eigenvalue weighted by Gasteiger charge is 2.29. The second-order valence-corrected chi connectivity index (χ2v) is 7.42. The van der Waals surface area contributed by atoms with Crippen LogP contribution in [0.4, 0.5) is 0 Å². The Labute approximate surface area is 169 Å². The molecule has 142 valence electrons. The summed E-state index contributed by atoms with van der Waals surface area (Å²) in [6.45, 7) is 2.82. The summed E-state index contributed by atoms with van der Waals surface area (Å²) in [7, 11) is 0. The predicted octanol–water partition coefficient (Wildman–Crippen LogP) is 5.06. The molecule has 0 fully saturated rings. The first-order valence-electron chi connectivity index (χ1n) is 9.92. The molecule has 4 heteroatoms. The van der Waals surface area contributed by atoms with E-state index in [1.54, 1.807) is 6.20 Å². The molecular formula is C25H21N3O. The molecule has 1 aliphatic heterocycles. The quantitative estimate of drug-likeness (QED) is 0.489. The van der Waals surface area contributed by atoms with Crippen LogP contribution in [-0.2, 0) is 6.42 Å². The van der Waals surface area contributed by atoms with Gasteiger partial charge in [0.1, 0.15) is 0 Å². The molecule has 0 aliphatic carbocycles. The standard InChI is InChI=1S/C25H21N3O/c1-17-20-11-6-5-8-18(20)13-15-28(17)25(29)22-16-23(19-9-3-2-4-10-19)27-24-21(22)12-7-14-26-24/h2-12,14,16-17H,13,15H2,1H3. The van der Waals surface area contributed by atoms with E-state index in [2.05, 4.69) is 30.1 Å². The van der Waals surface area contributed by atoms with Crippen molar-refractivity contribution in [1.82, 2.24) is 14.9 Å². The molecule has 0 spiro atoms. The van der Waals surface area contributed by atoms with Gasteiger partial charge in [-0.15, -0.1) is 0 Å². The van der Waals surface area contributed by atoms with Crippen LogP contribution in [0.15, 0.2) is 79.0 Å². The number of amides is 1. The van der Waals surface area contributed by atoms with E-state index in [1.807, 2.05) is 59.5 Å². The topological polar surface area (TPSA) is 46.1 Å². The lowest BCUT2D eigenvalue weighted by molar-refractivity contribution is 0.0679. The highest BCUT2D eigenvalue weighted by molar-refractivity contribution is 6.06. The number of hydrogen-bond donors (Lipinski definition) is 0. The molecule has 2 aromatic heterocycles. The first-order valence-corrected chi connectivity index (χ1v) is 9.92. The van der Waals surface area contributed by atoms with Gasteiger partial charge in [0.2, 0.25) is 0 Å². The van der Waals surface area contributed by atoms with E-state index < -0.39 is 0 Å². The number of aromatic nitrogens is 2. The fourth-order valence-corrected chi connectivity index (χ4v) is 4.19. The minimum Gasteiger partial charge on any atom is -0.332 e. The van der Waals surface area contributed by atoms with Gasteiger partial charge in [0.15, 0.2) is 5.65 Å². The Kier molecular flexibility index (Phi) is 4.32. The van der Waals surface area contributed by atoms with E-state index in [0.717, 1.165) is 23.1 Å². The Bertz CT molecular complexity index is 1200. The van der Waals surface area contributed by atoms with Crippen LogP contribution in [0.1, 0.15) is 34.5 Å². The van der Waals surface area contributed by atoms with Crippen molar-refractivity contribution in [2.24, 2.45) is 0 Å². The summed E-state index contributed by atoms with van der Waals surface area (Å²) in [4.78, 5) is 24.8. The lowest BCUT2D eigenvalue weighted by Gasteiger charge is -2.35. The van der Waals surface area contributed by atoms with Crippen LogP contribution in [0.2, 0.25) is 0 Å². The van der Waals surface area contributed by atoms with Gasteiger partial charge in [-0.1, -0.05) is 54.6 Å². The second kappa shape index (κ2) is 7.13. The molecule has 29 heavy (non-hydrogen) atoms. The smallest absolute Gasteiger partial charge is 0.255 e. The zero-order valence-electron chi connectivity index (χ0n) is 16.2. The summed E-state index contributed by atoms with van der Waals surface area (Å²) >= 11 is 0. The van der Waals surface area contributed by atoms with Gasteiger partial charge in [0, 0.05) is 23.7 Å². The van der Waals surface area contributed by atoms with Crippen molar-refractivity contribution in [1.29, 1.82) is 0 Å². The number of pyridine rings is 2. The number of carbonyl (C=O) groups excluding carboxylic acids is 1. The van der Waals surface area contributed by atoms with Crippen molar-refractivity contribution in [3.8, 4) is 11.3 Å². The SMILES string of the molecule is CC1c2ccccc2CCN1C(=O)c1cc(-c2ccccc2)nc2ncccc12. The van der Waals surface area contributed by atoms with Gasteiger partial charge in [0.25, 0.3) is 5.91 Å². The maximum absolute atomic E-state index is 13.7. The van der Waals surface area contributed by atoms with Crippen molar-refractivity contribution in [2.75, 3.05) is 6.54 Å². The Balaban J connectivity index is 1.62.